The maximum absolute atomic E-state index is 12.7. The van der Waals surface area contributed by atoms with Gasteiger partial charge < -0.3 is 19.5 Å². The number of furan rings is 1. The van der Waals surface area contributed by atoms with Crippen LogP contribution in [0.5, 0.6) is 0 Å². The van der Waals surface area contributed by atoms with Crippen LogP contribution in [0.15, 0.2) is 28.9 Å². The molecule has 2 fully saturated rings. The number of hydrogen-bond acceptors (Lipinski definition) is 8. The van der Waals surface area contributed by atoms with Gasteiger partial charge in [0, 0.05) is 43.6 Å². The first-order valence-corrected chi connectivity index (χ1v) is 12.1. The lowest BCUT2D eigenvalue weighted by Gasteiger charge is -2.39. The zero-order chi connectivity index (χ0) is 22.4. The average Bonchev–Trinajstić information content (AvgIpc) is 3.24. The smallest absolute Gasteiger partial charge is 0.229 e. The van der Waals surface area contributed by atoms with Gasteiger partial charge in [0.15, 0.2) is 17.1 Å². The minimum absolute atomic E-state index is 0.0147. The predicted molar refractivity (Wildman–Crippen MR) is 127 cm³/mol. The summed E-state index contributed by atoms with van der Waals surface area (Å²) in [6.07, 6.45) is 10.9. The van der Waals surface area contributed by atoms with Crippen molar-refractivity contribution in [2.24, 2.45) is 0 Å². The Labute approximate surface area is 193 Å². The number of hydrogen-bond donors (Lipinski definition) is 1. The molecule has 33 heavy (non-hydrogen) atoms. The number of ketones is 1. The zero-order valence-electron chi connectivity index (χ0n) is 19.1. The molecule has 3 aliphatic rings. The van der Waals surface area contributed by atoms with Crippen molar-refractivity contribution in [3.8, 4) is 0 Å². The van der Waals surface area contributed by atoms with Crippen molar-refractivity contribution in [2.45, 2.75) is 50.4 Å². The van der Waals surface area contributed by atoms with Crippen molar-refractivity contribution in [1.82, 2.24) is 19.9 Å². The van der Waals surface area contributed by atoms with Crippen molar-refractivity contribution in [2.75, 3.05) is 43.4 Å². The first-order valence-electron chi connectivity index (χ1n) is 12.1. The van der Waals surface area contributed by atoms with Crippen LogP contribution < -0.4 is 10.2 Å². The van der Waals surface area contributed by atoms with E-state index in [0.29, 0.717) is 29.5 Å². The van der Waals surface area contributed by atoms with E-state index in [1.807, 2.05) is 12.3 Å². The van der Waals surface area contributed by atoms with E-state index in [4.69, 9.17) is 9.40 Å². The fraction of sp³-hybridized carbons (Fsp3) is 0.520. The second-order valence-electron chi connectivity index (χ2n) is 9.79. The number of piperazine rings is 1. The summed E-state index contributed by atoms with van der Waals surface area (Å²) in [6, 6.07) is 4.06. The minimum atomic E-state index is 0.0147. The maximum atomic E-state index is 12.7. The monoisotopic (exact) mass is 446 g/mol. The molecule has 2 aliphatic carbocycles. The lowest BCUT2D eigenvalue weighted by atomic mass is 9.63. The van der Waals surface area contributed by atoms with Crippen molar-refractivity contribution >= 4 is 34.3 Å². The SMILES string of the molecule is CN1CCN(c2ccc(Nc3ncc4oc5c(c4n3)C3(CCCCC3)CCC5=O)nc2)CC1. The van der Waals surface area contributed by atoms with Gasteiger partial charge in [-0.2, -0.15) is 0 Å². The highest BCUT2D eigenvalue weighted by Gasteiger charge is 2.44. The second kappa shape index (κ2) is 8.09. The van der Waals surface area contributed by atoms with E-state index < -0.39 is 0 Å². The normalized spacial score (nSPS) is 20.9. The molecule has 0 atom stereocenters. The van der Waals surface area contributed by atoms with E-state index in [-0.39, 0.29) is 11.2 Å². The Hall–Kier alpha value is -3.00. The van der Waals surface area contributed by atoms with Crippen molar-refractivity contribution in [3.05, 3.63) is 35.9 Å². The van der Waals surface area contributed by atoms with E-state index in [9.17, 15) is 4.79 Å². The molecule has 0 radical (unpaired) electrons. The molecule has 1 saturated heterocycles. The second-order valence-corrected chi connectivity index (χ2v) is 9.79. The number of Topliss-reactive ketones (excluding diaryl/α,β-unsaturated/α-hetero) is 1. The average molecular weight is 447 g/mol. The first-order chi connectivity index (χ1) is 16.1. The molecule has 3 aromatic heterocycles. The standard InChI is InChI=1S/C25H30N6O2/c1-30-11-13-31(14-12-30)17-5-6-20(26-15-17)28-24-27-16-19-22(29-24)21-23(33-19)18(32)7-10-25(21)8-3-2-4-9-25/h5-6,15-16H,2-4,7-14H2,1H3,(H,26,27,28,29). The van der Waals surface area contributed by atoms with Crippen molar-refractivity contribution in [1.29, 1.82) is 0 Å². The number of fused-ring (bicyclic) bond motifs is 4. The molecule has 172 valence electrons. The third-order valence-electron chi connectivity index (χ3n) is 7.71. The van der Waals surface area contributed by atoms with Crippen LogP contribution >= 0.6 is 0 Å². The number of pyridine rings is 1. The van der Waals surface area contributed by atoms with Gasteiger partial charge in [-0.1, -0.05) is 19.3 Å². The highest BCUT2D eigenvalue weighted by molar-refractivity contribution is 6.01. The highest BCUT2D eigenvalue weighted by Crippen LogP contribution is 2.50. The lowest BCUT2D eigenvalue weighted by Crippen LogP contribution is -2.44. The van der Waals surface area contributed by atoms with Crippen molar-refractivity contribution in [3.63, 3.8) is 0 Å². The van der Waals surface area contributed by atoms with Gasteiger partial charge in [0.2, 0.25) is 5.95 Å². The Kier molecular flexibility index (Phi) is 5.05. The van der Waals surface area contributed by atoms with Crippen LogP contribution in [0.3, 0.4) is 0 Å². The van der Waals surface area contributed by atoms with Gasteiger partial charge in [0.1, 0.15) is 11.3 Å². The van der Waals surface area contributed by atoms with Crippen LogP contribution in [0.25, 0.3) is 11.1 Å². The minimum Gasteiger partial charge on any atom is -0.449 e. The summed E-state index contributed by atoms with van der Waals surface area (Å²) in [5.74, 6) is 1.79. The summed E-state index contributed by atoms with van der Waals surface area (Å²) in [6.45, 7) is 4.15. The number of nitrogens with zero attached hydrogens (tertiary/aromatic N) is 5. The molecule has 8 nitrogen and oxygen atoms in total. The van der Waals surface area contributed by atoms with E-state index >= 15 is 0 Å². The largest absolute Gasteiger partial charge is 0.449 e. The number of carbonyl (C=O) groups is 1. The molecule has 1 aliphatic heterocycles. The maximum Gasteiger partial charge on any atom is 0.229 e. The molecule has 3 aromatic rings. The number of likely N-dealkylation sites (N-methyl/N-ethyl adjacent to an activating group) is 1. The van der Waals surface area contributed by atoms with Gasteiger partial charge in [0.25, 0.3) is 0 Å². The Morgan fingerprint density at radius 3 is 2.58 bits per heavy atom. The summed E-state index contributed by atoms with van der Waals surface area (Å²) in [4.78, 5) is 31.2. The highest BCUT2D eigenvalue weighted by atomic mass is 16.3. The molecule has 1 spiro atoms. The first kappa shape index (κ1) is 20.6. The molecule has 1 N–H and O–H groups in total. The number of aromatic nitrogens is 3. The van der Waals surface area contributed by atoms with Gasteiger partial charge in [-0.3, -0.25) is 4.79 Å². The van der Waals surface area contributed by atoms with Crippen LogP contribution in [0.4, 0.5) is 17.5 Å². The van der Waals surface area contributed by atoms with E-state index in [2.05, 4.69) is 38.2 Å². The number of carbonyl (C=O) groups excluding carboxylic acids is 1. The predicted octanol–water partition coefficient (Wildman–Crippen LogP) is 4.29. The van der Waals surface area contributed by atoms with E-state index in [1.165, 1.54) is 19.3 Å². The molecular weight excluding hydrogens is 416 g/mol. The van der Waals surface area contributed by atoms with Gasteiger partial charge in [-0.25, -0.2) is 15.0 Å². The Bertz CT molecular complexity index is 1170. The molecule has 8 heteroatoms. The molecule has 4 heterocycles. The fourth-order valence-corrected chi connectivity index (χ4v) is 5.79. The number of anilines is 3. The zero-order valence-corrected chi connectivity index (χ0v) is 19.1. The summed E-state index contributed by atoms with van der Waals surface area (Å²) in [5.41, 5.74) is 3.56. The van der Waals surface area contributed by atoms with Gasteiger partial charge in [-0.15, -0.1) is 0 Å². The van der Waals surface area contributed by atoms with Crippen LogP contribution in [0, 0.1) is 0 Å². The Morgan fingerprint density at radius 2 is 1.82 bits per heavy atom. The van der Waals surface area contributed by atoms with Gasteiger partial charge in [0.05, 0.1) is 18.1 Å². The molecule has 0 aromatic carbocycles. The molecule has 1 saturated carbocycles. The molecular formula is C25H30N6O2. The van der Waals surface area contributed by atoms with Crippen LogP contribution in [0.2, 0.25) is 0 Å². The summed E-state index contributed by atoms with van der Waals surface area (Å²) in [5, 5.41) is 3.25. The van der Waals surface area contributed by atoms with Crippen molar-refractivity contribution < 1.29 is 9.21 Å². The number of nitrogens with one attached hydrogen (secondary N) is 1. The Morgan fingerprint density at radius 1 is 1.00 bits per heavy atom. The molecule has 0 unspecified atom stereocenters. The summed E-state index contributed by atoms with van der Waals surface area (Å²) in [7, 11) is 2.16. The van der Waals surface area contributed by atoms with E-state index in [1.54, 1.807) is 6.20 Å². The lowest BCUT2D eigenvalue weighted by molar-refractivity contribution is 0.0909. The number of rotatable bonds is 3. The fourth-order valence-electron chi connectivity index (χ4n) is 5.79. The van der Waals surface area contributed by atoms with E-state index in [0.717, 1.165) is 62.2 Å². The van der Waals surface area contributed by atoms with Gasteiger partial charge >= 0.3 is 0 Å². The third kappa shape index (κ3) is 3.66. The third-order valence-corrected chi connectivity index (χ3v) is 7.71. The summed E-state index contributed by atoms with van der Waals surface area (Å²) >= 11 is 0. The molecule has 0 amide bonds. The quantitative estimate of drug-likeness (QED) is 0.638. The molecule has 6 rings (SSSR count). The van der Waals surface area contributed by atoms with Gasteiger partial charge in [-0.05, 0) is 38.4 Å². The molecule has 0 bridgehead atoms. The van der Waals surface area contributed by atoms with Crippen LogP contribution in [-0.2, 0) is 5.41 Å². The topological polar surface area (TPSA) is 87.4 Å². The van der Waals surface area contributed by atoms with Crippen LogP contribution in [0.1, 0.15) is 61.1 Å². The summed E-state index contributed by atoms with van der Waals surface area (Å²) < 4.78 is 6.00. The van der Waals surface area contributed by atoms with Crippen LogP contribution in [-0.4, -0.2) is 58.9 Å². The Balaban J connectivity index is 1.29.